The van der Waals surface area contributed by atoms with Crippen molar-refractivity contribution in [2.75, 3.05) is 27.3 Å². The molecule has 1 aromatic rings. The number of nitrogens with zero attached hydrogens (tertiary/aromatic N) is 1. The van der Waals surface area contributed by atoms with Crippen molar-refractivity contribution in [2.24, 2.45) is 5.92 Å². The lowest BCUT2D eigenvalue weighted by molar-refractivity contribution is 0.219. The summed E-state index contributed by atoms with van der Waals surface area (Å²) in [5.41, 5.74) is 0.941. The summed E-state index contributed by atoms with van der Waals surface area (Å²) in [6.07, 6.45) is 1.09. The molecule has 5 nitrogen and oxygen atoms in total. The van der Waals surface area contributed by atoms with E-state index in [9.17, 15) is 4.57 Å². The van der Waals surface area contributed by atoms with E-state index in [0.717, 1.165) is 30.0 Å². The van der Waals surface area contributed by atoms with Gasteiger partial charge in [-0.25, -0.2) is 0 Å². The molecule has 0 bridgehead atoms. The Bertz CT molecular complexity index is 486. The lowest BCUT2D eigenvalue weighted by Gasteiger charge is -2.17. The fourth-order valence-corrected chi connectivity index (χ4v) is 4.05. The quantitative estimate of drug-likeness (QED) is 0.598. The van der Waals surface area contributed by atoms with Gasteiger partial charge in [-0.1, -0.05) is 13.8 Å². The Hall–Kier alpha value is -0.610. The first kappa shape index (κ1) is 19.4. The zero-order valence-electron chi connectivity index (χ0n) is 14.7. The molecule has 128 valence electrons. The van der Waals surface area contributed by atoms with Gasteiger partial charge in [0, 0.05) is 12.0 Å². The van der Waals surface area contributed by atoms with Crippen molar-refractivity contribution in [1.29, 1.82) is 0 Å². The van der Waals surface area contributed by atoms with Crippen LogP contribution in [0.25, 0.3) is 0 Å². The van der Waals surface area contributed by atoms with E-state index < -0.39 is 7.60 Å². The molecule has 0 fully saturated rings. The first-order valence-corrected chi connectivity index (χ1v) is 9.65. The summed E-state index contributed by atoms with van der Waals surface area (Å²) in [6.45, 7) is 9.41. The Morgan fingerprint density at radius 1 is 1.23 bits per heavy atom. The lowest BCUT2D eigenvalue weighted by atomic mass is 10.1. The molecule has 0 spiro atoms. The Labute approximate surface area is 134 Å². The zero-order chi connectivity index (χ0) is 16.8. The minimum atomic E-state index is -3.11. The number of furan rings is 1. The zero-order valence-corrected chi connectivity index (χ0v) is 15.6. The molecule has 0 saturated carbocycles. The summed E-state index contributed by atoms with van der Waals surface area (Å²) in [4.78, 5) is 2.05. The van der Waals surface area contributed by atoms with E-state index in [1.165, 1.54) is 0 Å². The van der Waals surface area contributed by atoms with E-state index in [0.29, 0.717) is 19.1 Å². The van der Waals surface area contributed by atoms with Gasteiger partial charge in [-0.2, -0.15) is 0 Å². The van der Waals surface area contributed by atoms with Crippen LogP contribution in [0, 0.1) is 5.92 Å². The van der Waals surface area contributed by atoms with Crippen LogP contribution >= 0.6 is 7.60 Å². The lowest BCUT2D eigenvalue weighted by Crippen LogP contribution is -2.09. The van der Waals surface area contributed by atoms with Gasteiger partial charge in [0.15, 0.2) is 0 Å². The van der Waals surface area contributed by atoms with Crippen molar-refractivity contribution >= 4 is 7.60 Å². The topological polar surface area (TPSA) is 51.9 Å². The molecule has 6 heteroatoms. The second-order valence-corrected chi connectivity index (χ2v) is 8.16. The van der Waals surface area contributed by atoms with Crippen molar-refractivity contribution in [1.82, 2.24) is 4.90 Å². The largest absolute Gasteiger partial charge is 0.464 e. The van der Waals surface area contributed by atoms with E-state index in [1.54, 1.807) is 0 Å². The first-order valence-electron chi connectivity index (χ1n) is 7.93. The highest BCUT2D eigenvalue weighted by molar-refractivity contribution is 7.53. The van der Waals surface area contributed by atoms with Crippen LogP contribution in [0.3, 0.4) is 0 Å². The van der Waals surface area contributed by atoms with E-state index >= 15 is 0 Å². The van der Waals surface area contributed by atoms with Crippen LogP contribution in [0.15, 0.2) is 10.5 Å². The normalized spacial score (nSPS) is 12.5. The molecule has 0 aliphatic rings. The van der Waals surface area contributed by atoms with E-state index in [4.69, 9.17) is 13.5 Å². The fourth-order valence-electron chi connectivity index (χ4n) is 2.33. The molecular weight excluding hydrogens is 301 g/mol. The summed E-state index contributed by atoms with van der Waals surface area (Å²) in [6, 6.07) is 1.99. The smallest absolute Gasteiger partial charge is 0.335 e. The summed E-state index contributed by atoms with van der Waals surface area (Å²) in [7, 11) is 0.885. The highest BCUT2D eigenvalue weighted by Crippen LogP contribution is 2.52. The van der Waals surface area contributed by atoms with Crippen molar-refractivity contribution < 1.29 is 18.0 Å². The molecule has 0 saturated heterocycles. The van der Waals surface area contributed by atoms with Gasteiger partial charge in [0.25, 0.3) is 0 Å². The molecular formula is C16H30NO4P. The van der Waals surface area contributed by atoms with E-state index in [-0.39, 0.29) is 6.16 Å². The molecule has 0 aromatic carbocycles. The van der Waals surface area contributed by atoms with Gasteiger partial charge in [-0.05, 0) is 39.9 Å². The molecule has 1 heterocycles. The molecule has 1 aromatic heterocycles. The van der Waals surface area contributed by atoms with Crippen LogP contribution in [-0.2, 0) is 32.7 Å². The number of hydrogen-bond acceptors (Lipinski definition) is 5. The molecule has 0 aliphatic carbocycles. The standard InChI is InChI=1S/C16H30NO4P/c1-7-19-22(18,20-8-2)12-14-10-15(11-17(5)6)21-16(14)9-13(3)4/h10,13H,7-9,11-12H2,1-6H3. The number of hydrogen-bond donors (Lipinski definition) is 0. The van der Waals surface area contributed by atoms with Crippen LogP contribution in [0.5, 0.6) is 0 Å². The SMILES string of the molecule is CCOP(=O)(Cc1cc(CN(C)C)oc1CC(C)C)OCC. The molecule has 0 radical (unpaired) electrons. The summed E-state index contributed by atoms with van der Waals surface area (Å²) >= 11 is 0. The predicted octanol–water partition coefficient (Wildman–Crippen LogP) is 4.31. The van der Waals surface area contributed by atoms with Crippen molar-refractivity contribution in [3.63, 3.8) is 0 Å². The third-order valence-corrected chi connectivity index (χ3v) is 5.06. The molecule has 0 aliphatic heterocycles. The van der Waals surface area contributed by atoms with Crippen LogP contribution in [0.4, 0.5) is 0 Å². The van der Waals surface area contributed by atoms with Crippen molar-refractivity contribution in [3.05, 3.63) is 23.2 Å². The molecule has 0 atom stereocenters. The van der Waals surface area contributed by atoms with E-state index in [2.05, 4.69) is 13.8 Å². The summed E-state index contributed by atoms with van der Waals surface area (Å²) in [5, 5.41) is 0. The Morgan fingerprint density at radius 2 is 1.82 bits per heavy atom. The second-order valence-electron chi connectivity index (χ2n) is 6.10. The van der Waals surface area contributed by atoms with Crippen LogP contribution in [0.2, 0.25) is 0 Å². The van der Waals surface area contributed by atoms with Gasteiger partial charge in [0.2, 0.25) is 0 Å². The molecule has 0 N–H and O–H groups in total. The Kier molecular flexibility index (Phi) is 7.84. The molecule has 0 amide bonds. The van der Waals surface area contributed by atoms with Gasteiger partial charge in [-0.3, -0.25) is 4.57 Å². The highest BCUT2D eigenvalue weighted by Gasteiger charge is 2.27. The van der Waals surface area contributed by atoms with Crippen molar-refractivity contribution in [3.8, 4) is 0 Å². The Morgan fingerprint density at radius 3 is 2.27 bits per heavy atom. The summed E-state index contributed by atoms with van der Waals surface area (Å²) in [5.74, 6) is 2.25. The third-order valence-electron chi connectivity index (χ3n) is 3.03. The monoisotopic (exact) mass is 331 g/mol. The van der Waals surface area contributed by atoms with E-state index in [1.807, 2.05) is 38.9 Å². The van der Waals surface area contributed by atoms with Gasteiger partial charge < -0.3 is 18.4 Å². The maximum absolute atomic E-state index is 12.8. The molecule has 22 heavy (non-hydrogen) atoms. The fraction of sp³-hybridized carbons (Fsp3) is 0.750. The van der Waals surface area contributed by atoms with Gasteiger partial charge >= 0.3 is 7.60 Å². The van der Waals surface area contributed by atoms with Gasteiger partial charge in [-0.15, -0.1) is 0 Å². The average Bonchev–Trinajstić information content (AvgIpc) is 2.69. The minimum Gasteiger partial charge on any atom is -0.464 e. The van der Waals surface area contributed by atoms with Crippen LogP contribution in [0.1, 0.15) is 44.8 Å². The third kappa shape index (κ3) is 6.25. The second kappa shape index (κ2) is 8.88. The van der Waals surface area contributed by atoms with Gasteiger partial charge in [0.05, 0.1) is 25.9 Å². The van der Waals surface area contributed by atoms with Crippen LogP contribution in [-0.4, -0.2) is 32.2 Å². The average molecular weight is 331 g/mol. The summed E-state index contributed by atoms with van der Waals surface area (Å²) < 4.78 is 29.5. The maximum atomic E-state index is 12.8. The highest BCUT2D eigenvalue weighted by atomic mass is 31.2. The maximum Gasteiger partial charge on any atom is 0.335 e. The van der Waals surface area contributed by atoms with Gasteiger partial charge in [0.1, 0.15) is 11.5 Å². The number of rotatable bonds is 10. The first-order chi connectivity index (χ1) is 10.3. The predicted molar refractivity (Wildman–Crippen MR) is 89.2 cm³/mol. The minimum absolute atomic E-state index is 0.271. The molecule has 0 unspecified atom stereocenters. The Balaban J connectivity index is 3.03. The molecule has 1 rings (SSSR count). The van der Waals surface area contributed by atoms with Crippen LogP contribution < -0.4 is 0 Å². The van der Waals surface area contributed by atoms with Crippen molar-refractivity contribution in [2.45, 2.75) is 46.8 Å².